The van der Waals surface area contributed by atoms with E-state index in [-0.39, 0.29) is 17.5 Å². The number of hydrogen-bond acceptors (Lipinski definition) is 7. The van der Waals surface area contributed by atoms with Crippen LogP contribution in [0, 0.1) is 18.6 Å². The average molecular weight is 448 g/mol. The Labute approximate surface area is 187 Å². The maximum atomic E-state index is 14.6. The van der Waals surface area contributed by atoms with Gasteiger partial charge in [0.1, 0.15) is 17.5 Å². The third-order valence-corrected chi connectivity index (χ3v) is 4.55. The van der Waals surface area contributed by atoms with Gasteiger partial charge < -0.3 is 16.0 Å². The standard InChI is InChI=1S/C22H18F2N8O/c1-3-20(33)28-15-4-5-17(24)18(7-15)29-21-16(13-6-14(23)9-25-8-13)10-26-22(31-21)30-19-11-27-32-12(19)2/h3-11H,1H2,2H3,(H,27,32)(H,28,33)(H2,26,29,30,31). The van der Waals surface area contributed by atoms with E-state index in [1.807, 2.05) is 0 Å². The second-order valence-corrected chi connectivity index (χ2v) is 6.87. The zero-order valence-corrected chi connectivity index (χ0v) is 17.4. The normalized spacial score (nSPS) is 10.5. The van der Waals surface area contributed by atoms with E-state index >= 15 is 0 Å². The Balaban J connectivity index is 1.75. The number of H-pyrrole nitrogens is 1. The lowest BCUT2D eigenvalue weighted by molar-refractivity contribution is -0.111. The van der Waals surface area contributed by atoms with Crippen LogP contribution in [-0.4, -0.2) is 31.1 Å². The monoisotopic (exact) mass is 448 g/mol. The Morgan fingerprint density at radius 3 is 2.70 bits per heavy atom. The van der Waals surface area contributed by atoms with Crippen molar-refractivity contribution in [1.29, 1.82) is 0 Å². The van der Waals surface area contributed by atoms with Crippen molar-refractivity contribution in [3.05, 3.63) is 79.0 Å². The molecule has 1 aromatic carbocycles. The van der Waals surface area contributed by atoms with Crippen LogP contribution in [-0.2, 0) is 4.79 Å². The molecular weight excluding hydrogens is 430 g/mol. The topological polar surface area (TPSA) is 121 Å². The van der Waals surface area contributed by atoms with Gasteiger partial charge in [-0.15, -0.1) is 0 Å². The number of hydrogen-bond donors (Lipinski definition) is 4. The number of amides is 1. The third-order valence-electron chi connectivity index (χ3n) is 4.55. The Morgan fingerprint density at radius 1 is 1.12 bits per heavy atom. The quantitative estimate of drug-likeness (QED) is 0.308. The van der Waals surface area contributed by atoms with Gasteiger partial charge in [0.2, 0.25) is 11.9 Å². The van der Waals surface area contributed by atoms with Crippen LogP contribution in [0.1, 0.15) is 5.69 Å². The van der Waals surface area contributed by atoms with Crippen molar-refractivity contribution in [2.45, 2.75) is 6.92 Å². The Morgan fingerprint density at radius 2 is 1.97 bits per heavy atom. The predicted octanol–water partition coefficient (Wildman–Crippen LogP) is 4.46. The molecule has 0 unspecified atom stereocenters. The summed E-state index contributed by atoms with van der Waals surface area (Å²) in [5, 5.41) is 15.3. The van der Waals surface area contributed by atoms with Crippen LogP contribution >= 0.6 is 0 Å². The first-order valence-electron chi connectivity index (χ1n) is 9.68. The van der Waals surface area contributed by atoms with E-state index in [2.05, 4.69) is 47.7 Å². The van der Waals surface area contributed by atoms with Crippen LogP contribution < -0.4 is 16.0 Å². The maximum Gasteiger partial charge on any atom is 0.247 e. The fourth-order valence-corrected chi connectivity index (χ4v) is 2.93. The van der Waals surface area contributed by atoms with Crippen molar-refractivity contribution in [1.82, 2.24) is 25.1 Å². The largest absolute Gasteiger partial charge is 0.337 e. The minimum atomic E-state index is -0.589. The van der Waals surface area contributed by atoms with Gasteiger partial charge in [0.25, 0.3) is 0 Å². The van der Waals surface area contributed by atoms with Crippen LogP contribution in [0.15, 0.2) is 61.7 Å². The summed E-state index contributed by atoms with van der Waals surface area (Å²) in [6, 6.07) is 5.27. The van der Waals surface area contributed by atoms with Crippen molar-refractivity contribution in [3.63, 3.8) is 0 Å². The van der Waals surface area contributed by atoms with Gasteiger partial charge in [-0.3, -0.25) is 14.9 Å². The lowest BCUT2D eigenvalue weighted by Crippen LogP contribution is -2.08. The number of pyridine rings is 1. The predicted molar refractivity (Wildman–Crippen MR) is 120 cm³/mol. The third kappa shape index (κ3) is 4.98. The van der Waals surface area contributed by atoms with Crippen LogP contribution in [0.4, 0.5) is 37.6 Å². The Hall–Kier alpha value is -4.67. The highest BCUT2D eigenvalue weighted by Crippen LogP contribution is 2.31. The number of aryl methyl sites for hydroxylation is 1. The molecule has 0 radical (unpaired) electrons. The highest BCUT2D eigenvalue weighted by molar-refractivity contribution is 5.99. The van der Waals surface area contributed by atoms with Gasteiger partial charge in [0.05, 0.1) is 23.3 Å². The molecule has 33 heavy (non-hydrogen) atoms. The molecule has 0 spiro atoms. The van der Waals surface area contributed by atoms with E-state index in [9.17, 15) is 13.6 Å². The van der Waals surface area contributed by atoms with Crippen LogP contribution in [0.5, 0.6) is 0 Å². The number of anilines is 5. The summed E-state index contributed by atoms with van der Waals surface area (Å²) in [7, 11) is 0. The molecule has 166 valence electrons. The SMILES string of the molecule is C=CC(=O)Nc1ccc(F)c(Nc2nc(Nc3c[nH]nc3C)ncc2-c2cncc(F)c2)c1. The second-order valence-electron chi connectivity index (χ2n) is 6.87. The molecule has 0 bridgehead atoms. The second kappa shape index (κ2) is 9.22. The van der Waals surface area contributed by atoms with E-state index < -0.39 is 17.5 Å². The van der Waals surface area contributed by atoms with Gasteiger partial charge >= 0.3 is 0 Å². The minimum absolute atomic E-state index is 0.0339. The van der Waals surface area contributed by atoms with Crippen molar-refractivity contribution in [2.75, 3.05) is 16.0 Å². The van der Waals surface area contributed by atoms with Crippen molar-refractivity contribution in [3.8, 4) is 11.1 Å². The molecule has 0 saturated heterocycles. The zero-order chi connectivity index (χ0) is 23.4. The molecule has 3 aromatic heterocycles. The lowest BCUT2D eigenvalue weighted by atomic mass is 10.1. The summed E-state index contributed by atoms with van der Waals surface area (Å²) in [6.45, 7) is 5.19. The number of nitrogens with one attached hydrogen (secondary N) is 4. The molecule has 11 heteroatoms. The molecule has 0 aliphatic carbocycles. The first-order valence-corrected chi connectivity index (χ1v) is 9.68. The summed E-state index contributed by atoms with van der Waals surface area (Å²) < 4.78 is 28.4. The van der Waals surface area contributed by atoms with Gasteiger partial charge in [-0.2, -0.15) is 10.1 Å². The van der Waals surface area contributed by atoms with Gasteiger partial charge in [-0.25, -0.2) is 13.8 Å². The van der Waals surface area contributed by atoms with Crippen LogP contribution in [0.3, 0.4) is 0 Å². The number of benzene rings is 1. The lowest BCUT2D eigenvalue weighted by Gasteiger charge is -2.14. The molecule has 0 aliphatic rings. The highest BCUT2D eigenvalue weighted by Gasteiger charge is 2.15. The number of rotatable bonds is 7. The van der Waals surface area contributed by atoms with Crippen molar-refractivity contribution < 1.29 is 13.6 Å². The first kappa shape index (κ1) is 21.6. The molecule has 4 rings (SSSR count). The fourth-order valence-electron chi connectivity index (χ4n) is 2.93. The van der Waals surface area contributed by atoms with Gasteiger partial charge in [-0.05, 0) is 37.3 Å². The fraction of sp³-hybridized carbons (Fsp3) is 0.0455. The number of aromatic amines is 1. The number of carbonyl (C=O) groups excluding carboxylic acids is 1. The molecule has 0 saturated carbocycles. The van der Waals surface area contributed by atoms with Gasteiger partial charge in [0, 0.05) is 35.4 Å². The maximum absolute atomic E-state index is 14.6. The Kier molecular flexibility index (Phi) is 6.02. The Bertz CT molecular complexity index is 1340. The molecule has 3 heterocycles. The molecule has 9 nitrogen and oxygen atoms in total. The minimum Gasteiger partial charge on any atom is -0.337 e. The van der Waals surface area contributed by atoms with E-state index in [0.717, 1.165) is 12.3 Å². The van der Waals surface area contributed by atoms with E-state index in [4.69, 9.17) is 0 Å². The summed E-state index contributed by atoms with van der Waals surface area (Å²) in [5.41, 5.74) is 2.51. The summed E-state index contributed by atoms with van der Waals surface area (Å²) in [5.74, 6) is -1.19. The molecule has 0 aliphatic heterocycles. The average Bonchev–Trinajstić information content (AvgIpc) is 3.20. The molecular formula is C22H18F2N8O. The van der Waals surface area contributed by atoms with Crippen molar-refractivity contribution in [2.24, 2.45) is 0 Å². The number of carbonyl (C=O) groups is 1. The van der Waals surface area contributed by atoms with Crippen LogP contribution in [0.25, 0.3) is 11.1 Å². The number of aromatic nitrogens is 5. The molecule has 0 atom stereocenters. The molecule has 1 amide bonds. The summed E-state index contributed by atoms with van der Waals surface area (Å²) in [6.07, 6.45) is 6.72. The highest BCUT2D eigenvalue weighted by atomic mass is 19.1. The first-order chi connectivity index (χ1) is 15.9. The molecule has 4 aromatic rings. The molecule has 4 N–H and O–H groups in total. The summed E-state index contributed by atoms with van der Waals surface area (Å²) >= 11 is 0. The van der Waals surface area contributed by atoms with Crippen molar-refractivity contribution >= 4 is 34.7 Å². The van der Waals surface area contributed by atoms with E-state index in [0.29, 0.717) is 28.2 Å². The van der Waals surface area contributed by atoms with Crippen LogP contribution in [0.2, 0.25) is 0 Å². The summed E-state index contributed by atoms with van der Waals surface area (Å²) in [4.78, 5) is 24.2. The van der Waals surface area contributed by atoms with E-state index in [1.165, 1.54) is 36.7 Å². The smallest absolute Gasteiger partial charge is 0.247 e. The zero-order valence-electron chi connectivity index (χ0n) is 17.4. The molecule has 0 fully saturated rings. The van der Waals surface area contributed by atoms with Gasteiger partial charge in [-0.1, -0.05) is 6.58 Å². The number of halogens is 2. The van der Waals surface area contributed by atoms with E-state index in [1.54, 1.807) is 13.1 Å². The number of nitrogens with zero attached hydrogens (tertiary/aromatic N) is 4. The van der Waals surface area contributed by atoms with Gasteiger partial charge in [0.15, 0.2) is 0 Å².